The Hall–Kier alpha value is -2.61. The molecule has 1 aromatic rings. The van der Waals surface area contributed by atoms with Crippen LogP contribution in [-0.2, 0) is 20.8 Å². The maximum atomic E-state index is 12.8. The van der Waals surface area contributed by atoms with E-state index in [9.17, 15) is 14.4 Å². The van der Waals surface area contributed by atoms with Gasteiger partial charge in [0.15, 0.2) is 0 Å². The first kappa shape index (κ1) is 23.4. The lowest BCUT2D eigenvalue weighted by molar-refractivity contribution is -0.135. The Bertz CT molecular complexity index is 646. The zero-order chi connectivity index (χ0) is 21.1. The third-order valence-corrected chi connectivity index (χ3v) is 4.27. The van der Waals surface area contributed by atoms with Gasteiger partial charge < -0.3 is 15.4 Å². The van der Waals surface area contributed by atoms with E-state index in [0.717, 1.165) is 11.3 Å². The number of ether oxygens (including phenoxy) is 1. The zero-order valence-corrected chi connectivity index (χ0v) is 17.0. The van der Waals surface area contributed by atoms with Gasteiger partial charge in [-0.3, -0.25) is 19.6 Å². The number of carbonyl (C=O) groups is 3. The van der Waals surface area contributed by atoms with Crippen LogP contribution in [0.25, 0.3) is 0 Å². The summed E-state index contributed by atoms with van der Waals surface area (Å²) in [6.45, 7) is 5.61. The molecular formula is C20H31N3O5. The van der Waals surface area contributed by atoms with Crippen molar-refractivity contribution in [1.82, 2.24) is 16.1 Å². The molecule has 0 bridgehead atoms. The summed E-state index contributed by atoms with van der Waals surface area (Å²) in [6.07, 6.45) is 0.918. The maximum Gasteiger partial charge on any atom is 0.244 e. The molecule has 0 saturated carbocycles. The van der Waals surface area contributed by atoms with E-state index in [4.69, 9.17) is 9.94 Å². The average molecular weight is 393 g/mol. The minimum absolute atomic E-state index is 0.101. The minimum Gasteiger partial charge on any atom is -0.497 e. The number of nitrogens with one attached hydrogen (secondary N) is 3. The molecule has 1 aromatic carbocycles. The largest absolute Gasteiger partial charge is 0.497 e. The zero-order valence-electron chi connectivity index (χ0n) is 17.0. The molecule has 0 heterocycles. The molecule has 0 aliphatic rings. The van der Waals surface area contributed by atoms with Crippen LogP contribution in [0, 0.1) is 11.8 Å². The second kappa shape index (κ2) is 12.0. The van der Waals surface area contributed by atoms with Crippen LogP contribution in [0.1, 0.15) is 39.2 Å². The number of hydroxylamine groups is 1. The highest BCUT2D eigenvalue weighted by Gasteiger charge is 2.25. The number of benzene rings is 1. The normalized spacial score (nSPS) is 12.8. The van der Waals surface area contributed by atoms with Gasteiger partial charge in [-0.25, -0.2) is 5.48 Å². The van der Waals surface area contributed by atoms with Gasteiger partial charge in [0.25, 0.3) is 0 Å². The Morgan fingerprint density at radius 1 is 1.14 bits per heavy atom. The van der Waals surface area contributed by atoms with Gasteiger partial charge in [-0.15, -0.1) is 0 Å². The molecule has 2 atom stereocenters. The Morgan fingerprint density at radius 2 is 1.79 bits per heavy atom. The lowest BCUT2D eigenvalue weighted by Crippen LogP contribution is -2.47. The Kier molecular flexibility index (Phi) is 10.0. The minimum atomic E-state index is -0.602. The summed E-state index contributed by atoms with van der Waals surface area (Å²) >= 11 is 0. The van der Waals surface area contributed by atoms with Crippen LogP contribution in [0.3, 0.4) is 0 Å². The highest BCUT2D eigenvalue weighted by Crippen LogP contribution is 2.17. The van der Waals surface area contributed by atoms with E-state index in [2.05, 4.69) is 10.6 Å². The lowest BCUT2D eigenvalue weighted by atomic mass is 9.92. The quantitative estimate of drug-likeness (QED) is 0.335. The van der Waals surface area contributed by atoms with Gasteiger partial charge in [-0.2, -0.15) is 0 Å². The lowest BCUT2D eigenvalue weighted by Gasteiger charge is -2.24. The van der Waals surface area contributed by atoms with Crippen molar-refractivity contribution in [1.29, 1.82) is 0 Å². The van der Waals surface area contributed by atoms with Crippen molar-refractivity contribution in [2.24, 2.45) is 11.8 Å². The van der Waals surface area contributed by atoms with Gasteiger partial charge in [0.1, 0.15) is 5.75 Å². The van der Waals surface area contributed by atoms with Crippen LogP contribution in [0.15, 0.2) is 24.3 Å². The third-order valence-electron chi connectivity index (χ3n) is 4.27. The molecule has 0 radical (unpaired) electrons. The Labute approximate surface area is 166 Å². The molecule has 3 amide bonds. The molecule has 156 valence electrons. The van der Waals surface area contributed by atoms with Crippen molar-refractivity contribution in [3.8, 4) is 5.75 Å². The molecule has 0 saturated heterocycles. The number of hydrogen-bond acceptors (Lipinski definition) is 5. The van der Waals surface area contributed by atoms with Crippen molar-refractivity contribution < 1.29 is 24.3 Å². The molecule has 0 aromatic heterocycles. The molecule has 8 heteroatoms. The van der Waals surface area contributed by atoms with Gasteiger partial charge in [0.2, 0.25) is 17.7 Å². The summed E-state index contributed by atoms with van der Waals surface area (Å²) in [5.41, 5.74) is 2.56. The Morgan fingerprint density at radius 3 is 2.29 bits per heavy atom. The summed E-state index contributed by atoms with van der Waals surface area (Å²) in [6, 6.07) is 7.13. The Balaban J connectivity index is 2.86. The number of carbonyl (C=O) groups excluding carboxylic acids is 3. The van der Waals surface area contributed by atoms with Gasteiger partial charge in [-0.1, -0.05) is 26.0 Å². The molecule has 4 N–H and O–H groups in total. The van der Waals surface area contributed by atoms with E-state index < -0.39 is 11.8 Å². The van der Waals surface area contributed by atoms with Crippen molar-refractivity contribution in [2.45, 2.75) is 46.1 Å². The fourth-order valence-electron chi connectivity index (χ4n) is 2.93. The van der Waals surface area contributed by atoms with E-state index >= 15 is 0 Å². The molecule has 8 nitrogen and oxygen atoms in total. The maximum absolute atomic E-state index is 12.8. The van der Waals surface area contributed by atoms with E-state index in [1.165, 1.54) is 6.92 Å². The summed E-state index contributed by atoms with van der Waals surface area (Å²) in [5.74, 6) is -0.693. The fourth-order valence-corrected chi connectivity index (χ4v) is 2.93. The van der Waals surface area contributed by atoms with Crippen molar-refractivity contribution in [3.63, 3.8) is 0 Å². The second-order valence-electron chi connectivity index (χ2n) is 7.26. The average Bonchev–Trinajstić information content (AvgIpc) is 2.65. The number of hydrogen-bond donors (Lipinski definition) is 4. The van der Waals surface area contributed by atoms with Crippen molar-refractivity contribution >= 4 is 17.7 Å². The molecular weight excluding hydrogens is 362 g/mol. The number of amides is 3. The highest BCUT2D eigenvalue weighted by molar-refractivity contribution is 5.85. The van der Waals surface area contributed by atoms with Gasteiger partial charge in [0, 0.05) is 25.8 Å². The fraction of sp³-hybridized carbons (Fsp3) is 0.550. The van der Waals surface area contributed by atoms with Gasteiger partial charge >= 0.3 is 0 Å². The molecule has 1 unspecified atom stereocenters. The molecule has 0 aliphatic heterocycles. The molecule has 28 heavy (non-hydrogen) atoms. The first-order valence-corrected chi connectivity index (χ1v) is 9.35. The van der Waals surface area contributed by atoms with E-state index in [1.807, 2.05) is 38.1 Å². The summed E-state index contributed by atoms with van der Waals surface area (Å²) < 4.78 is 5.15. The monoisotopic (exact) mass is 393 g/mol. The predicted molar refractivity (Wildman–Crippen MR) is 105 cm³/mol. The second-order valence-corrected chi connectivity index (χ2v) is 7.26. The predicted octanol–water partition coefficient (Wildman–Crippen LogP) is 1.42. The van der Waals surface area contributed by atoms with Gasteiger partial charge in [-0.05, 0) is 36.5 Å². The first-order valence-electron chi connectivity index (χ1n) is 9.35. The van der Waals surface area contributed by atoms with E-state index in [1.54, 1.807) is 12.6 Å². The standard InChI is InChI=1S/C20H31N3O5/c1-13(2)9-16(11-19(25)23-27)20(26)22-17(12-21-14(3)24)10-15-5-7-18(28-4)8-6-15/h5-8,13,16-17,27H,9-12H2,1-4H3,(H,21,24)(H,22,26)(H,23,25)/t16?,17-/m0/s1. The first-order chi connectivity index (χ1) is 13.2. The third kappa shape index (κ3) is 8.85. The summed E-state index contributed by atoms with van der Waals surface area (Å²) in [7, 11) is 1.59. The van der Waals surface area contributed by atoms with Crippen LogP contribution in [0.2, 0.25) is 0 Å². The van der Waals surface area contributed by atoms with E-state index in [-0.39, 0.29) is 36.7 Å². The van der Waals surface area contributed by atoms with Gasteiger partial charge in [0.05, 0.1) is 13.2 Å². The summed E-state index contributed by atoms with van der Waals surface area (Å²) in [5, 5.41) is 14.4. The van der Waals surface area contributed by atoms with Crippen LogP contribution < -0.4 is 20.9 Å². The van der Waals surface area contributed by atoms with Crippen LogP contribution in [0.5, 0.6) is 5.75 Å². The topological polar surface area (TPSA) is 117 Å². The highest BCUT2D eigenvalue weighted by atomic mass is 16.5. The van der Waals surface area contributed by atoms with Crippen LogP contribution >= 0.6 is 0 Å². The van der Waals surface area contributed by atoms with E-state index in [0.29, 0.717) is 12.8 Å². The smallest absolute Gasteiger partial charge is 0.244 e. The SMILES string of the molecule is COc1ccc(C[C@@H](CNC(C)=O)NC(=O)C(CC(=O)NO)CC(C)C)cc1. The molecule has 0 aliphatic carbocycles. The number of methoxy groups -OCH3 is 1. The molecule has 0 fully saturated rings. The molecule has 0 spiro atoms. The molecule has 1 rings (SSSR count). The summed E-state index contributed by atoms with van der Waals surface area (Å²) in [4.78, 5) is 35.6. The van der Waals surface area contributed by atoms with Crippen LogP contribution in [0.4, 0.5) is 0 Å². The van der Waals surface area contributed by atoms with Crippen LogP contribution in [-0.4, -0.2) is 42.6 Å². The van der Waals surface area contributed by atoms with Crippen molar-refractivity contribution in [2.75, 3.05) is 13.7 Å². The number of rotatable bonds is 11. The van der Waals surface area contributed by atoms with Crippen molar-refractivity contribution in [3.05, 3.63) is 29.8 Å².